The standard InChI is InChI=1S/C10H20N2S/c1-9-4-5-12(7-9)8-10-3-2-6-13-11-10/h9-11H,2-8H2,1H3. The smallest absolute Gasteiger partial charge is 0.0299 e. The highest BCUT2D eigenvalue weighted by atomic mass is 32.2. The van der Waals surface area contributed by atoms with Gasteiger partial charge in [0, 0.05) is 24.9 Å². The molecule has 76 valence electrons. The van der Waals surface area contributed by atoms with Crippen LogP contribution in [0.1, 0.15) is 26.2 Å². The van der Waals surface area contributed by atoms with Crippen molar-refractivity contribution in [2.24, 2.45) is 5.92 Å². The summed E-state index contributed by atoms with van der Waals surface area (Å²) < 4.78 is 3.54. The lowest BCUT2D eigenvalue weighted by molar-refractivity contribution is 0.289. The van der Waals surface area contributed by atoms with E-state index >= 15 is 0 Å². The molecule has 2 heterocycles. The molecule has 2 aliphatic rings. The van der Waals surface area contributed by atoms with E-state index < -0.39 is 0 Å². The van der Waals surface area contributed by atoms with Gasteiger partial charge in [-0.15, -0.1) is 0 Å². The Morgan fingerprint density at radius 3 is 3.00 bits per heavy atom. The van der Waals surface area contributed by atoms with Crippen molar-refractivity contribution in [2.75, 3.05) is 25.4 Å². The van der Waals surface area contributed by atoms with Crippen LogP contribution < -0.4 is 4.72 Å². The molecular formula is C10H20N2S. The third-order valence-electron chi connectivity index (χ3n) is 3.04. The highest BCUT2D eigenvalue weighted by molar-refractivity contribution is 7.97. The molecule has 0 saturated carbocycles. The minimum Gasteiger partial charge on any atom is -0.301 e. The lowest BCUT2D eigenvalue weighted by Crippen LogP contribution is -2.39. The molecule has 2 rings (SSSR count). The van der Waals surface area contributed by atoms with E-state index in [1.807, 2.05) is 11.9 Å². The average Bonchev–Trinajstić information content (AvgIpc) is 2.53. The van der Waals surface area contributed by atoms with Crippen molar-refractivity contribution in [2.45, 2.75) is 32.2 Å². The third-order valence-corrected chi connectivity index (χ3v) is 4.03. The zero-order valence-corrected chi connectivity index (χ0v) is 9.28. The fourth-order valence-electron chi connectivity index (χ4n) is 2.27. The summed E-state index contributed by atoms with van der Waals surface area (Å²) >= 11 is 1.91. The molecule has 13 heavy (non-hydrogen) atoms. The van der Waals surface area contributed by atoms with Crippen LogP contribution in [0.4, 0.5) is 0 Å². The van der Waals surface area contributed by atoms with Gasteiger partial charge in [0.2, 0.25) is 0 Å². The molecule has 0 aromatic carbocycles. The van der Waals surface area contributed by atoms with Crippen LogP contribution in [-0.2, 0) is 0 Å². The summed E-state index contributed by atoms with van der Waals surface area (Å²) in [5.74, 6) is 2.23. The minimum atomic E-state index is 0.754. The Morgan fingerprint density at radius 1 is 1.46 bits per heavy atom. The molecule has 2 aliphatic heterocycles. The molecule has 2 nitrogen and oxygen atoms in total. The second-order valence-electron chi connectivity index (χ2n) is 4.46. The topological polar surface area (TPSA) is 15.3 Å². The lowest BCUT2D eigenvalue weighted by Gasteiger charge is -2.27. The molecule has 0 aromatic rings. The van der Waals surface area contributed by atoms with E-state index in [0.29, 0.717) is 0 Å². The maximum Gasteiger partial charge on any atom is 0.0299 e. The number of rotatable bonds is 2. The van der Waals surface area contributed by atoms with Crippen molar-refractivity contribution in [1.29, 1.82) is 0 Å². The van der Waals surface area contributed by atoms with Gasteiger partial charge < -0.3 is 4.90 Å². The Morgan fingerprint density at radius 2 is 2.38 bits per heavy atom. The van der Waals surface area contributed by atoms with Gasteiger partial charge in [0.25, 0.3) is 0 Å². The van der Waals surface area contributed by atoms with Crippen LogP contribution in [0.5, 0.6) is 0 Å². The fraction of sp³-hybridized carbons (Fsp3) is 1.00. The van der Waals surface area contributed by atoms with Crippen molar-refractivity contribution in [1.82, 2.24) is 9.62 Å². The van der Waals surface area contributed by atoms with Gasteiger partial charge in [-0.3, -0.25) is 4.72 Å². The highest BCUT2D eigenvalue weighted by Crippen LogP contribution is 2.19. The summed E-state index contributed by atoms with van der Waals surface area (Å²) in [6.07, 6.45) is 4.17. The quantitative estimate of drug-likeness (QED) is 0.683. The van der Waals surface area contributed by atoms with Crippen LogP contribution >= 0.6 is 11.9 Å². The number of nitrogens with zero attached hydrogens (tertiary/aromatic N) is 1. The SMILES string of the molecule is CC1CCN(CC2CCCSN2)C1. The normalized spacial score (nSPS) is 36.7. The van der Waals surface area contributed by atoms with Crippen molar-refractivity contribution in [3.63, 3.8) is 0 Å². The van der Waals surface area contributed by atoms with Gasteiger partial charge in [0.05, 0.1) is 0 Å². The van der Waals surface area contributed by atoms with E-state index in [-0.39, 0.29) is 0 Å². The van der Waals surface area contributed by atoms with Gasteiger partial charge in [0.15, 0.2) is 0 Å². The predicted molar refractivity (Wildman–Crippen MR) is 58.8 cm³/mol. The van der Waals surface area contributed by atoms with Gasteiger partial charge in [-0.1, -0.05) is 18.9 Å². The Kier molecular flexibility index (Phi) is 3.52. The van der Waals surface area contributed by atoms with E-state index in [9.17, 15) is 0 Å². The summed E-state index contributed by atoms with van der Waals surface area (Å²) in [6.45, 7) is 6.28. The summed E-state index contributed by atoms with van der Waals surface area (Å²) in [5.41, 5.74) is 0. The van der Waals surface area contributed by atoms with E-state index in [4.69, 9.17) is 0 Å². The van der Waals surface area contributed by atoms with Crippen molar-refractivity contribution < 1.29 is 0 Å². The Hall–Kier alpha value is 0.270. The van der Waals surface area contributed by atoms with E-state index in [0.717, 1.165) is 12.0 Å². The molecule has 2 saturated heterocycles. The predicted octanol–water partition coefficient (Wildman–Crippen LogP) is 1.73. The van der Waals surface area contributed by atoms with Gasteiger partial charge in [-0.2, -0.15) is 0 Å². The molecule has 3 heteroatoms. The minimum absolute atomic E-state index is 0.754. The lowest BCUT2D eigenvalue weighted by atomic mass is 10.1. The van der Waals surface area contributed by atoms with Gasteiger partial charge in [-0.05, 0) is 31.7 Å². The van der Waals surface area contributed by atoms with Crippen LogP contribution in [0.25, 0.3) is 0 Å². The number of hydrogen-bond acceptors (Lipinski definition) is 3. The molecule has 2 fully saturated rings. The van der Waals surface area contributed by atoms with E-state index in [2.05, 4.69) is 16.5 Å². The number of nitrogens with one attached hydrogen (secondary N) is 1. The highest BCUT2D eigenvalue weighted by Gasteiger charge is 2.22. The van der Waals surface area contributed by atoms with E-state index in [1.165, 1.54) is 44.6 Å². The van der Waals surface area contributed by atoms with Gasteiger partial charge >= 0.3 is 0 Å². The summed E-state index contributed by atoms with van der Waals surface area (Å²) in [7, 11) is 0. The molecule has 0 bridgehead atoms. The second-order valence-corrected chi connectivity index (χ2v) is 5.39. The molecule has 1 N–H and O–H groups in total. The first kappa shape index (κ1) is 9.81. The zero-order chi connectivity index (χ0) is 9.10. The molecular weight excluding hydrogens is 180 g/mol. The average molecular weight is 200 g/mol. The van der Waals surface area contributed by atoms with Crippen LogP contribution in [0, 0.1) is 5.92 Å². The maximum absolute atomic E-state index is 3.54. The maximum atomic E-state index is 3.54. The van der Waals surface area contributed by atoms with Crippen LogP contribution in [-0.4, -0.2) is 36.3 Å². The molecule has 2 atom stereocenters. The first-order chi connectivity index (χ1) is 6.34. The fourth-order valence-corrected chi connectivity index (χ4v) is 3.13. The Balaban J connectivity index is 1.71. The van der Waals surface area contributed by atoms with Crippen LogP contribution in [0.2, 0.25) is 0 Å². The van der Waals surface area contributed by atoms with Crippen molar-refractivity contribution in [3.8, 4) is 0 Å². The second kappa shape index (κ2) is 4.67. The summed E-state index contributed by atoms with van der Waals surface area (Å²) in [4.78, 5) is 2.62. The summed E-state index contributed by atoms with van der Waals surface area (Å²) in [5, 5.41) is 0. The molecule has 2 unspecified atom stereocenters. The monoisotopic (exact) mass is 200 g/mol. The van der Waals surface area contributed by atoms with Gasteiger partial charge in [-0.25, -0.2) is 0 Å². The van der Waals surface area contributed by atoms with Gasteiger partial charge in [0.1, 0.15) is 0 Å². The summed E-state index contributed by atoms with van der Waals surface area (Å²) in [6, 6.07) is 0.754. The third kappa shape index (κ3) is 2.86. The molecule has 0 spiro atoms. The van der Waals surface area contributed by atoms with Crippen molar-refractivity contribution >= 4 is 11.9 Å². The number of likely N-dealkylation sites (tertiary alicyclic amines) is 1. The first-order valence-electron chi connectivity index (χ1n) is 5.44. The molecule has 0 aromatic heterocycles. The van der Waals surface area contributed by atoms with Crippen LogP contribution in [0.3, 0.4) is 0 Å². The Labute approximate surface area is 85.6 Å². The van der Waals surface area contributed by atoms with Crippen molar-refractivity contribution in [3.05, 3.63) is 0 Å². The first-order valence-corrected chi connectivity index (χ1v) is 6.43. The largest absolute Gasteiger partial charge is 0.301 e. The van der Waals surface area contributed by atoms with Crippen LogP contribution in [0.15, 0.2) is 0 Å². The molecule has 0 radical (unpaired) electrons. The number of hydrogen-bond donors (Lipinski definition) is 1. The zero-order valence-electron chi connectivity index (χ0n) is 8.46. The molecule has 0 amide bonds. The van der Waals surface area contributed by atoms with E-state index in [1.54, 1.807) is 0 Å². The Bertz CT molecular complexity index is 154. The molecule has 0 aliphatic carbocycles.